The molecule has 2 rings (SSSR count). The number of carbonyl (C=O) groups excluding carboxylic acids is 2. The van der Waals surface area contributed by atoms with Gasteiger partial charge in [-0.25, -0.2) is 0 Å². The molecule has 0 aromatic rings. The van der Waals surface area contributed by atoms with E-state index in [9.17, 15) is 9.59 Å². The first-order valence-corrected chi connectivity index (χ1v) is 6.49. The van der Waals surface area contributed by atoms with Crippen LogP contribution < -0.4 is 0 Å². The third-order valence-corrected chi connectivity index (χ3v) is 3.73. The van der Waals surface area contributed by atoms with E-state index in [1.165, 1.54) is 0 Å². The monoisotopic (exact) mass is 239 g/mol. The Bertz CT molecular complexity index is 316. The Morgan fingerprint density at radius 2 is 2.18 bits per heavy atom. The summed E-state index contributed by atoms with van der Waals surface area (Å²) in [6.45, 7) is 4.96. The fourth-order valence-corrected chi connectivity index (χ4v) is 2.89. The summed E-state index contributed by atoms with van der Waals surface area (Å²) in [5, 5.41) is 0. The smallest absolute Gasteiger partial charge is 0.228 e. The van der Waals surface area contributed by atoms with E-state index in [1.54, 1.807) is 6.92 Å². The van der Waals surface area contributed by atoms with Crippen molar-refractivity contribution in [2.75, 3.05) is 13.2 Å². The zero-order valence-electron chi connectivity index (χ0n) is 10.6. The highest BCUT2D eigenvalue weighted by molar-refractivity contribution is 5.81. The summed E-state index contributed by atoms with van der Waals surface area (Å²) in [6, 6.07) is 0.135. The normalized spacial score (nSPS) is 33.1. The fraction of sp³-hybridized carbons (Fsp3) is 0.846. The van der Waals surface area contributed by atoms with Crippen molar-refractivity contribution in [3.8, 4) is 0 Å². The molecule has 4 heteroatoms. The molecule has 2 aliphatic heterocycles. The van der Waals surface area contributed by atoms with Gasteiger partial charge in [0.25, 0.3) is 0 Å². The lowest BCUT2D eigenvalue weighted by Crippen LogP contribution is -2.40. The van der Waals surface area contributed by atoms with Gasteiger partial charge in [-0.3, -0.25) is 9.59 Å². The third kappa shape index (κ3) is 2.86. The van der Waals surface area contributed by atoms with Crippen molar-refractivity contribution >= 4 is 11.7 Å². The number of ether oxygens (including phenoxy) is 1. The van der Waals surface area contributed by atoms with Gasteiger partial charge < -0.3 is 9.64 Å². The zero-order valence-corrected chi connectivity index (χ0v) is 10.6. The van der Waals surface area contributed by atoms with Crippen LogP contribution in [-0.4, -0.2) is 41.9 Å². The standard InChI is InChI=1S/C13H21NO3/c1-9(15)6-12-4-3-5-14(12)13(16)11-7-10(2)17-8-11/h10-12H,3-8H2,1-2H3. The zero-order chi connectivity index (χ0) is 12.4. The lowest BCUT2D eigenvalue weighted by Gasteiger charge is -2.26. The Balaban J connectivity index is 1.95. The Kier molecular flexibility index (Phi) is 3.82. The van der Waals surface area contributed by atoms with Crippen LogP contribution in [-0.2, 0) is 14.3 Å². The molecule has 0 saturated carbocycles. The molecule has 2 saturated heterocycles. The van der Waals surface area contributed by atoms with E-state index in [0.717, 1.165) is 25.8 Å². The number of ketones is 1. The van der Waals surface area contributed by atoms with Crippen LogP contribution in [0.15, 0.2) is 0 Å². The van der Waals surface area contributed by atoms with Crippen molar-refractivity contribution < 1.29 is 14.3 Å². The maximum absolute atomic E-state index is 12.3. The van der Waals surface area contributed by atoms with E-state index in [1.807, 2.05) is 11.8 Å². The van der Waals surface area contributed by atoms with Crippen LogP contribution in [0.1, 0.15) is 39.5 Å². The van der Waals surface area contributed by atoms with Crippen molar-refractivity contribution in [2.45, 2.75) is 51.7 Å². The van der Waals surface area contributed by atoms with Crippen LogP contribution in [0.5, 0.6) is 0 Å². The van der Waals surface area contributed by atoms with E-state index < -0.39 is 0 Å². The molecule has 2 heterocycles. The summed E-state index contributed by atoms with van der Waals surface area (Å²) >= 11 is 0. The number of carbonyl (C=O) groups is 2. The van der Waals surface area contributed by atoms with Gasteiger partial charge in [-0.15, -0.1) is 0 Å². The molecule has 0 radical (unpaired) electrons. The van der Waals surface area contributed by atoms with Crippen LogP contribution in [0.3, 0.4) is 0 Å². The first kappa shape index (κ1) is 12.6. The van der Waals surface area contributed by atoms with Gasteiger partial charge in [-0.2, -0.15) is 0 Å². The average molecular weight is 239 g/mol. The fourth-order valence-electron chi connectivity index (χ4n) is 2.89. The number of Topliss-reactive ketones (excluding diaryl/α,β-unsaturated/α-hetero) is 1. The summed E-state index contributed by atoms with van der Waals surface area (Å²) in [6.07, 6.45) is 3.51. The minimum Gasteiger partial charge on any atom is -0.378 e. The SMILES string of the molecule is CC(=O)CC1CCCN1C(=O)C1COC(C)C1. The van der Waals surface area contributed by atoms with Gasteiger partial charge in [0.2, 0.25) is 5.91 Å². The number of rotatable bonds is 3. The van der Waals surface area contributed by atoms with Crippen molar-refractivity contribution in [1.82, 2.24) is 4.90 Å². The van der Waals surface area contributed by atoms with Gasteiger partial charge in [0, 0.05) is 19.0 Å². The molecule has 1 amide bonds. The van der Waals surface area contributed by atoms with Gasteiger partial charge in [-0.1, -0.05) is 0 Å². The Morgan fingerprint density at radius 3 is 2.76 bits per heavy atom. The first-order valence-electron chi connectivity index (χ1n) is 6.49. The van der Waals surface area contributed by atoms with Crippen molar-refractivity contribution in [3.63, 3.8) is 0 Å². The summed E-state index contributed by atoms with van der Waals surface area (Å²) in [5.41, 5.74) is 0. The average Bonchev–Trinajstić information content (AvgIpc) is 2.85. The molecular weight excluding hydrogens is 218 g/mol. The highest BCUT2D eigenvalue weighted by Gasteiger charge is 2.36. The second-order valence-electron chi connectivity index (χ2n) is 5.31. The molecule has 17 heavy (non-hydrogen) atoms. The molecule has 2 fully saturated rings. The molecule has 0 bridgehead atoms. The van der Waals surface area contributed by atoms with E-state index in [-0.39, 0.29) is 29.8 Å². The van der Waals surface area contributed by atoms with E-state index >= 15 is 0 Å². The summed E-state index contributed by atoms with van der Waals surface area (Å²) < 4.78 is 5.45. The van der Waals surface area contributed by atoms with Crippen LogP contribution in [0.4, 0.5) is 0 Å². The molecule has 0 aromatic heterocycles. The topological polar surface area (TPSA) is 46.6 Å². The number of nitrogens with zero attached hydrogens (tertiary/aromatic N) is 1. The largest absolute Gasteiger partial charge is 0.378 e. The molecule has 0 aromatic carbocycles. The third-order valence-electron chi connectivity index (χ3n) is 3.73. The van der Waals surface area contributed by atoms with Crippen LogP contribution in [0.2, 0.25) is 0 Å². The summed E-state index contributed by atoms with van der Waals surface area (Å²) in [4.78, 5) is 25.4. The van der Waals surface area contributed by atoms with Gasteiger partial charge in [-0.05, 0) is 33.1 Å². The lowest BCUT2D eigenvalue weighted by atomic mass is 10.0. The molecule has 3 atom stereocenters. The van der Waals surface area contributed by atoms with E-state index in [4.69, 9.17) is 4.74 Å². The van der Waals surface area contributed by atoms with Crippen LogP contribution in [0.25, 0.3) is 0 Å². The number of hydrogen-bond donors (Lipinski definition) is 0. The Labute approximate surface area is 102 Å². The van der Waals surface area contributed by atoms with Gasteiger partial charge in [0.05, 0.1) is 18.6 Å². The molecule has 2 aliphatic rings. The maximum atomic E-state index is 12.3. The second kappa shape index (κ2) is 5.17. The minimum absolute atomic E-state index is 0.0116. The molecule has 4 nitrogen and oxygen atoms in total. The van der Waals surface area contributed by atoms with Gasteiger partial charge in [0.15, 0.2) is 0 Å². The quantitative estimate of drug-likeness (QED) is 0.747. The van der Waals surface area contributed by atoms with Gasteiger partial charge in [0.1, 0.15) is 5.78 Å². The summed E-state index contributed by atoms with van der Waals surface area (Å²) in [7, 11) is 0. The lowest BCUT2D eigenvalue weighted by molar-refractivity contribution is -0.136. The maximum Gasteiger partial charge on any atom is 0.228 e. The Hall–Kier alpha value is -0.900. The number of hydrogen-bond acceptors (Lipinski definition) is 3. The molecule has 0 aliphatic carbocycles. The Morgan fingerprint density at radius 1 is 1.41 bits per heavy atom. The van der Waals surface area contributed by atoms with Crippen molar-refractivity contribution in [3.05, 3.63) is 0 Å². The molecular formula is C13H21NO3. The molecule has 3 unspecified atom stereocenters. The second-order valence-corrected chi connectivity index (χ2v) is 5.31. The van der Waals surface area contributed by atoms with E-state index in [2.05, 4.69) is 0 Å². The van der Waals surface area contributed by atoms with Gasteiger partial charge >= 0.3 is 0 Å². The number of likely N-dealkylation sites (tertiary alicyclic amines) is 1. The molecule has 96 valence electrons. The van der Waals surface area contributed by atoms with Crippen molar-refractivity contribution in [1.29, 1.82) is 0 Å². The molecule has 0 N–H and O–H groups in total. The first-order chi connectivity index (χ1) is 8.08. The van der Waals surface area contributed by atoms with E-state index in [0.29, 0.717) is 13.0 Å². The number of amides is 1. The van der Waals surface area contributed by atoms with Crippen LogP contribution in [0, 0.1) is 5.92 Å². The predicted octanol–water partition coefficient (Wildman–Crippen LogP) is 1.38. The molecule has 0 spiro atoms. The van der Waals surface area contributed by atoms with Crippen molar-refractivity contribution in [2.24, 2.45) is 5.92 Å². The predicted molar refractivity (Wildman–Crippen MR) is 63.6 cm³/mol. The minimum atomic E-state index is 0.0116. The van der Waals surface area contributed by atoms with Crippen LogP contribution >= 0.6 is 0 Å². The highest BCUT2D eigenvalue weighted by Crippen LogP contribution is 2.27. The highest BCUT2D eigenvalue weighted by atomic mass is 16.5. The summed E-state index contributed by atoms with van der Waals surface area (Å²) in [5.74, 6) is 0.376.